The first-order valence-corrected chi connectivity index (χ1v) is 4.24. The molecular weight excluding hydrogens is 188 g/mol. The Morgan fingerprint density at radius 2 is 2.08 bits per heavy atom. The number of hydrogen-bond donors (Lipinski definition) is 1. The van der Waals surface area contributed by atoms with Crippen LogP contribution < -0.4 is 5.84 Å². The van der Waals surface area contributed by atoms with Crippen molar-refractivity contribution in [1.29, 1.82) is 0 Å². The minimum absolute atomic E-state index is 0.313. The molecule has 0 fully saturated rings. The van der Waals surface area contributed by atoms with E-state index in [2.05, 4.69) is 5.10 Å². The second-order valence-electron chi connectivity index (χ2n) is 2.44. The van der Waals surface area contributed by atoms with Crippen LogP contribution in [-0.2, 0) is 4.74 Å². The number of nitrogens with zero attached hydrogens (tertiary/aromatic N) is 1. The van der Waals surface area contributed by atoms with Gasteiger partial charge in [-0.1, -0.05) is 30.3 Å². The third kappa shape index (κ3) is 2.36. The molecule has 1 rings (SSSR count). The molecule has 1 unspecified atom stereocenters. The predicted molar refractivity (Wildman–Crippen MR) is 53.7 cm³/mol. The summed E-state index contributed by atoms with van der Waals surface area (Å²) in [6.45, 7) is 0. The Morgan fingerprint density at radius 3 is 2.54 bits per heavy atom. The zero-order chi connectivity index (χ0) is 9.68. The summed E-state index contributed by atoms with van der Waals surface area (Å²) in [6, 6.07) is 9.49. The van der Waals surface area contributed by atoms with Crippen molar-refractivity contribution >= 4 is 17.5 Å². The third-order valence-electron chi connectivity index (χ3n) is 1.65. The highest BCUT2D eigenvalue weighted by Crippen LogP contribution is 2.21. The highest BCUT2D eigenvalue weighted by molar-refractivity contribution is 6.30. The van der Waals surface area contributed by atoms with E-state index in [9.17, 15) is 0 Å². The van der Waals surface area contributed by atoms with E-state index < -0.39 is 5.38 Å². The maximum atomic E-state index is 6.04. The van der Waals surface area contributed by atoms with Crippen molar-refractivity contribution in [3.05, 3.63) is 35.9 Å². The number of nitrogens with two attached hydrogens (primary N) is 1. The number of halogens is 1. The largest absolute Gasteiger partial charge is 0.482 e. The Labute approximate surface area is 82.1 Å². The van der Waals surface area contributed by atoms with Gasteiger partial charge in [-0.3, -0.25) is 0 Å². The molecule has 0 aromatic heterocycles. The quantitative estimate of drug-likeness (QED) is 0.259. The second kappa shape index (κ2) is 4.72. The van der Waals surface area contributed by atoms with Crippen LogP contribution in [-0.4, -0.2) is 13.0 Å². The van der Waals surface area contributed by atoms with E-state index in [0.29, 0.717) is 5.90 Å². The Morgan fingerprint density at radius 1 is 1.46 bits per heavy atom. The van der Waals surface area contributed by atoms with E-state index in [1.165, 1.54) is 7.11 Å². The van der Waals surface area contributed by atoms with E-state index in [-0.39, 0.29) is 0 Å². The summed E-state index contributed by atoms with van der Waals surface area (Å²) in [6.07, 6.45) is 0. The summed E-state index contributed by atoms with van der Waals surface area (Å²) < 4.78 is 4.91. The van der Waals surface area contributed by atoms with Gasteiger partial charge < -0.3 is 10.6 Å². The molecule has 0 saturated heterocycles. The van der Waals surface area contributed by atoms with Gasteiger partial charge in [0, 0.05) is 0 Å². The van der Waals surface area contributed by atoms with Crippen LogP contribution in [0, 0.1) is 0 Å². The minimum Gasteiger partial charge on any atom is -0.482 e. The highest BCUT2D eigenvalue weighted by Gasteiger charge is 2.14. The van der Waals surface area contributed by atoms with E-state index >= 15 is 0 Å². The van der Waals surface area contributed by atoms with Crippen molar-refractivity contribution in [2.45, 2.75) is 5.38 Å². The molecule has 0 heterocycles. The highest BCUT2D eigenvalue weighted by atomic mass is 35.5. The van der Waals surface area contributed by atoms with Crippen molar-refractivity contribution in [3.63, 3.8) is 0 Å². The van der Waals surface area contributed by atoms with Gasteiger partial charge in [0.15, 0.2) is 0 Å². The first kappa shape index (κ1) is 9.86. The molecule has 1 aromatic rings. The molecule has 70 valence electrons. The van der Waals surface area contributed by atoms with Gasteiger partial charge >= 0.3 is 0 Å². The van der Waals surface area contributed by atoms with Crippen LogP contribution in [0.3, 0.4) is 0 Å². The van der Waals surface area contributed by atoms with Crippen LogP contribution in [0.4, 0.5) is 0 Å². The van der Waals surface area contributed by atoms with Crippen molar-refractivity contribution in [2.24, 2.45) is 10.9 Å². The number of alkyl halides is 1. The lowest BCUT2D eigenvalue weighted by molar-refractivity contribution is 0.390. The van der Waals surface area contributed by atoms with Gasteiger partial charge in [0.1, 0.15) is 5.38 Å². The summed E-state index contributed by atoms with van der Waals surface area (Å²) in [5.74, 6) is 5.41. The molecule has 0 saturated carbocycles. The fourth-order valence-electron chi connectivity index (χ4n) is 0.986. The topological polar surface area (TPSA) is 47.6 Å². The van der Waals surface area contributed by atoms with Crippen molar-refractivity contribution < 1.29 is 4.74 Å². The van der Waals surface area contributed by atoms with Crippen LogP contribution >= 0.6 is 11.6 Å². The van der Waals surface area contributed by atoms with Crippen LogP contribution in [0.1, 0.15) is 10.9 Å². The van der Waals surface area contributed by atoms with Crippen LogP contribution in [0.15, 0.2) is 35.4 Å². The SMILES string of the molecule is COC(=NN)C(Cl)c1ccccc1. The fourth-order valence-corrected chi connectivity index (χ4v) is 1.28. The van der Waals surface area contributed by atoms with E-state index in [1.807, 2.05) is 30.3 Å². The normalized spacial score (nSPS) is 13.8. The van der Waals surface area contributed by atoms with E-state index in [0.717, 1.165) is 5.56 Å². The number of hydrazone groups is 1. The summed E-state index contributed by atoms with van der Waals surface area (Å²) in [7, 11) is 1.49. The van der Waals surface area contributed by atoms with Gasteiger partial charge in [-0.15, -0.1) is 16.7 Å². The Bertz CT molecular complexity index is 287. The molecule has 0 aliphatic carbocycles. The third-order valence-corrected chi connectivity index (χ3v) is 2.08. The zero-order valence-electron chi connectivity index (χ0n) is 7.27. The van der Waals surface area contributed by atoms with Gasteiger partial charge in [0.05, 0.1) is 7.11 Å². The fraction of sp³-hybridized carbons (Fsp3) is 0.222. The Kier molecular flexibility index (Phi) is 3.58. The summed E-state index contributed by atoms with van der Waals surface area (Å²) in [5.41, 5.74) is 0.912. The molecule has 13 heavy (non-hydrogen) atoms. The van der Waals surface area contributed by atoms with Gasteiger partial charge in [-0.2, -0.15) is 0 Å². The van der Waals surface area contributed by atoms with Gasteiger partial charge in [0.25, 0.3) is 0 Å². The average Bonchev–Trinajstić information content (AvgIpc) is 2.21. The first-order chi connectivity index (χ1) is 6.29. The van der Waals surface area contributed by atoms with Crippen molar-refractivity contribution in [3.8, 4) is 0 Å². The van der Waals surface area contributed by atoms with Crippen LogP contribution in [0.25, 0.3) is 0 Å². The predicted octanol–water partition coefficient (Wildman–Crippen LogP) is 1.89. The lowest BCUT2D eigenvalue weighted by atomic mass is 10.1. The molecular formula is C9H11ClN2O. The van der Waals surface area contributed by atoms with Crippen LogP contribution in [0.5, 0.6) is 0 Å². The lowest BCUT2D eigenvalue weighted by Crippen LogP contribution is -2.11. The molecule has 3 nitrogen and oxygen atoms in total. The van der Waals surface area contributed by atoms with E-state index in [4.69, 9.17) is 22.2 Å². The van der Waals surface area contributed by atoms with Crippen LogP contribution in [0.2, 0.25) is 0 Å². The smallest absolute Gasteiger partial charge is 0.228 e. The monoisotopic (exact) mass is 198 g/mol. The van der Waals surface area contributed by atoms with Gasteiger partial charge in [0.2, 0.25) is 5.90 Å². The van der Waals surface area contributed by atoms with Crippen molar-refractivity contribution in [2.75, 3.05) is 7.11 Å². The first-order valence-electron chi connectivity index (χ1n) is 3.80. The molecule has 0 aliphatic rings. The number of ether oxygens (including phenoxy) is 1. The summed E-state index contributed by atoms with van der Waals surface area (Å²) in [5, 5.41) is 3.03. The lowest BCUT2D eigenvalue weighted by Gasteiger charge is -2.10. The molecule has 0 spiro atoms. The molecule has 0 bridgehead atoms. The Hall–Kier alpha value is -1.22. The summed E-state index contributed by atoms with van der Waals surface area (Å²) in [4.78, 5) is 0. The maximum Gasteiger partial charge on any atom is 0.228 e. The minimum atomic E-state index is -0.420. The number of benzene rings is 1. The molecule has 4 heteroatoms. The number of rotatable bonds is 2. The molecule has 0 amide bonds. The molecule has 1 aromatic carbocycles. The van der Waals surface area contributed by atoms with E-state index in [1.54, 1.807) is 0 Å². The summed E-state index contributed by atoms with van der Waals surface area (Å²) >= 11 is 6.04. The molecule has 0 aliphatic heterocycles. The number of methoxy groups -OCH3 is 1. The molecule has 1 atom stereocenters. The standard InChI is InChI=1S/C9H11ClN2O/c1-13-9(12-11)8(10)7-5-3-2-4-6-7/h2-6,8H,11H2,1H3. The maximum absolute atomic E-state index is 6.04. The number of hydrogen-bond acceptors (Lipinski definition) is 3. The zero-order valence-corrected chi connectivity index (χ0v) is 8.03. The van der Waals surface area contributed by atoms with Gasteiger partial charge in [-0.05, 0) is 5.56 Å². The molecule has 0 radical (unpaired) electrons. The molecule has 2 N–H and O–H groups in total. The second-order valence-corrected chi connectivity index (χ2v) is 2.88. The Balaban J connectivity index is 2.85. The van der Waals surface area contributed by atoms with Gasteiger partial charge in [-0.25, -0.2) is 0 Å². The average molecular weight is 199 g/mol. The van der Waals surface area contributed by atoms with Crippen molar-refractivity contribution in [1.82, 2.24) is 0 Å².